The number of allylic oxidation sites excluding steroid dienone is 1. The maximum atomic E-state index is 5.66. The average Bonchev–Trinajstić information content (AvgIpc) is 2.18. The number of ether oxygens (including phenoxy) is 1. The molecule has 1 aromatic carbocycles. The molecule has 0 radical (unpaired) electrons. The van der Waals surface area contributed by atoms with E-state index in [1.165, 1.54) is 0 Å². The molecule has 13 heavy (non-hydrogen) atoms. The van der Waals surface area contributed by atoms with Gasteiger partial charge < -0.3 is 4.74 Å². The van der Waals surface area contributed by atoms with E-state index in [2.05, 4.69) is 6.58 Å². The van der Waals surface area contributed by atoms with Crippen LogP contribution >= 0.6 is 11.6 Å². The van der Waals surface area contributed by atoms with Crippen molar-refractivity contribution in [2.24, 2.45) is 0 Å². The molecular weight excluding hydrogens is 184 g/mol. The summed E-state index contributed by atoms with van der Waals surface area (Å²) in [5.74, 6) is 1.35. The van der Waals surface area contributed by atoms with Gasteiger partial charge >= 0.3 is 0 Å². The normalized spacial score (nSPS) is 9.69. The molecule has 1 nitrogen and oxygen atoms in total. The highest BCUT2D eigenvalue weighted by Crippen LogP contribution is 2.18. The van der Waals surface area contributed by atoms with Crippen molar-refractivity contribution in [2.75, 3.05) is 12.5 Å². The lowest BCUT2D eigenvalue weighted by atomic mass is 10.1. The molecule has 0 aliphatic carbocycles. The maximum absolute atomic E-state index is 5.66. The third-order valence-corrected chi connectivity index (χ3v) is 2.06. The topological polar surface area (TPSA) is 9.23 Å². The lowest BCUT2D eigenvalue weighted by Crippen LogP contribution is -1.91. The van der Waals surface area contributed by atoms with Gasteiger partial charge in [0, 0.05) is 5.88 Å². The molecule has 0 saturated carbocycles. The summed E-state index contributed by atoms with van der Waals surface area (Å²) < 4.78 is 5.31. The molecule has 0 aromatic heterocycles. The summed E-state index contributed by atoms with van der Waals surface area (Å²) in [6, 6.07) is 7.79. The predicted octanol–water partition coefficient (Wildman–Crippen LogP) is 3.34. The lowest BCUT2D eigenvalue weighted by molar-refractivity contribution is 0.340. The minimum absolute atomic E-state index is 0.466. The molecule has 0 amide bonds. The van der Waals surface area contributed by atoms with Gasteiger partial charge in [0.05, 0.1) is 6.61 Å². The van der Waals surface area contributed by atoms with Crippen LogP contribution in [0.3, 0.4) is 0 Å². The van der Waals surface area contributed by atoms with Crippen LogP contribution in [0.2, 0.25) is 0 Å². The summed E-state index contributed by atoms with van der Waals surface area (Å²) in [5, 5.41) is 0. The van der Waals surface area contributed by atoms with Crippen LogP contribution in [0, 0.1) is 0 Å². The smallest absolute Gasteiger partial charge is 0.119 e. The first-order chi connectivity index (χ1) is 6.27. The highest BCUT2D eigenvalue weighted by atomic mass is 35.5. The molecule has 0 aliphatic heterocycles. The zero-order chi connectivity index (χ0) is 9.68. The molecule has 70 valence electrons. The van der Waals surface area contributed by atoms with E-state index in [0.717, 1.165) is 16.9 Å². The SMILES string of the molecule is C=C(CCl)c1ccc(OCC)cc1. The van der Waals surface area contributed by atoms with Gasteiger partial charge in [0.1, 0.15) is 5.75 Å². The van der Waals surface area contributed by atoms with Crippen molar-refractivity contribution in [3.8, 4) is 5.75 Å². The number of benzene rings is 1. The minimum Gasteiger partial charge on any atom is -0.494 e. The predicted molar refractivity (Wildman–Crippen MR) is 57.4 cm³/mol. The molecule has 0 spiro atoms. The maximum Gasteiger partial charge on any atom is 0.119 e. The van der Waals surface area contributed by atoms with Crippen LogP contribution in [0.5, 0.6) is 5.75 Å². The molecule has 0 N–H and O–H groups in total. The van der Waals surface area contributed by atoms with Crippen molar-refractivity contribution in [1.82, 2.24) is 0 Å². The summed E-state index contributed by atoms with van der Waals surface area (Å²) in [4.78, 5) is 0. The van der Waals surface area contributed by atoms with Gasteiger partial charge in [0.15, 0.2) is 0 Å². The minimum atomic E-state index is 0.466. The van der Waals surface area contributed by atoms with Gasteiger partial charge in [-0.25, -0.2) is 0 Å². The molecule has 1 aromatic rings. The molecule has 1 rings (SSSR count). The van der Waals surface area contributed by atoms with E-state index in [9.17, 15) is 0 Å². The average molecular weight is 197 g/mol. The van der Waals surface area contributed by atoms with E-state index in [0.29, 0.717) is 12.5 Å². The second kappa shape index (κ2) is 4.93. The second-order valence-corrected chi connectivity index (χ2v) is 2.96. The Labute approximate surface area is 84.0 Å². The molecule has 0 unspecified atom stereocenters. The molecule has 0 atom stereocenters. The first kappa shape index (κ1) is 10.1. The van der Waals surface area contributed by atoms with Gasteiger partial charge in [-0.2, -0.15) is 0 Å². The van der Waals surface area contributed by atoms with Crippen LogP contribution in [0.25, 0.3) is 5.57 Å². The van der Waals surface area contributed by atoms with Crippen LogP contribution in [-0.2, 0) is 0 Å². The zero-order valence-corrected chi connectivity index (χ0v) is 8.47. The van der Waals surface area contributed by atoms with Gasteiger partial charge in [0.25, 0.3) is 0 Å². The number of alkyl halides is 1. The number of hydrogen-bond acceptors (Lipinski definition) is 1. The second-order valence-electron chi connectivity index (χ2n) is 2.69. The number of rotatable bonds is 4. The van der Waals surface area contributed by atoms with Gasteiger partial charge in [-0.1, -0.05) is 18.7 Å². The fourth-order valence-electron chi connectivity index (χ4n) is 1.03. The van der Waals surface area contributed by atoms with E-state index < -0.39 is 0 Å². The van der Waals surface area contributed by atoms with E-state index in [4.69, 9.17) is 16.3 Å². The van der Waals surface area contributed by atoms with Crippen molar-refractivity contribution in [2.45, 2.75) is 6.92 Å². The van der Waals surface area contributed by atoms with Crippen molar-refractivity contribution in [1.29, 1.82) is 0 Å². The molecule has 0 bridgehead atoms. The fourth-order valence-corrected chi connectivity index (χ4v) is 1.18. The Balaban J connectivity index is 2.75. The number of hydrogen-bond donors (Lipinski definition) is 0. The van der Waals surface area contributed by atoms with Crippen LogP contribution in [0.15, 0.2) is 30.8 Å². The van der Waals surface area contributed by atoms with Gasteiger partial charge in [-0.3, -0.25) is 0 Å². The Morgan fingerprint density at radius 2 is 2.00 bits per heavy atom. The fraction of sp³-hybridized carbons (Fsp3) is 0.273. The molecule has 0 heterocycles. The first-order valence-corrected chi connectivity index (χ1v) is 4.78. The van der Waals surface area contributed by atoms with Crippen molar-refractivity contribution in [3.05, 3.63) is 36.4 Å². The van der Waals surface area contributed by atoms with E-state index >= 15 is 0 Å². The molecule has 0 saturated heterocycles. The summed E-state index contributed by atoms with van der Waals surface area (Å²) in [5.41, 5.74) is 2.00. The number of halogens is 1. The van der Waals surface area contributed by atoms with E-state index in [-0.39, 0.29) is 0 Å². The summed E-state index contributed by atoms with van der Waals surface area (Å²) in [7, 11) is 0. The third kappa shape index (κ3) is 2.78. The summed E-state index contributed by atoms with van der Waals surface area (Å²) in [6.45, 7) is 6.50. The van der Waals surface area contributed by atoms with Crippen molar-refractivity contribution >= 4 is 17.2 Å². The van der Waals surface area contributed by atoms with E-state index in [1.807, 2.05) is 31.2 Å². The van der Waals surface area contributed by atoms with Gasteiger partial charge in [-0.05, 0) is 30.2 Å². The van der Waals surface area contributed by atoms with Crippen LogP contribution in [-0.4, -0.2) is 12.5 Å². The van der Waals surface area contributed by atoms with Crippen LogP contribution in [0.4, 0.5) is 0 Å². The Morgan fingerprint density at radius 1 is 1.38 bits per heavy atom. The summed E-state index contributed by atoms with van der Waals surface area (Å²) in [6.07, 6.45) is 0. The largest absolute Gasteiger partial charge is 0.494 e. The monoisotopic (exact) mass is 196 g/mol. The van der Waals surface area contributed by atoms with Crippen LogP contribution < -0.4 is 4.74 Å². The zero-order valence-electron chi connectivity index (χ0n) is 7.72. The van der Waals surface area contributed by atoms with E-state index in [1.54, 1.807) is 0 Å². The Bertz CT molecular complexity index is 277. The Kier molecular flexibility index (Phi) is 3.84. The first-order valence-electron chi connectivity index (χ1n) is 4.25. The molecule has 0 aliphatic rings. The summed E-state index contributed by atoms with van der Waals surface area (Å²) >= 11 is 5.66. The highest BCUT2D eigenvalue weighted by Gasteiger charge is 1.97. The van der Waals surface area contributed by atoms with Crippen LogP contribution in [0.1, 0.15) is 12.5 Å². The Morgan fingerprint density at radius 3 is 2.46 bits per heavy atom. The molecule has 2 heteroatoms. The molecular formula is C11H13ClO. The highest BCUT2D eigenvalue weighted by molar-refractivity contribution is 6.23. The standard InChI is InChI=1S/C11H13ClO/c1-3-13-11-6-4-10(5-7-11)9(2)8-12/h4-7H,2-3,8H2,1H3. The quantitative estimate of drug-likeness (QED) is 0.672. The van der Waals surface area contributed by atoms with Gasteiger partial charge in [0.2, 0.25) is 0 Å². The molecule has 0 fully saturated rings. The van der Waals surface area contributed by atoms with Gasteiger partial charge in [-0.15, -0.1) is 11.6 Å². The Hall–Kier alpha value is -0.950. The van der Waals surface area contributed by atoms with Crippen molar-refractivity contribution < 1.29 is 4.74 Å². The van der Waals surface area contributed by atoms with Crippen molar-refractivity contribution in [3.63, 3.8) is 0 Å². The lowest BCUT2D eigenvalue weighted by Gasteiger charge is -2.04. The third-order valence-electron chi connectivity index (χ3n) is 1.73.